The lowest BCUT2D eigenvalue weighted by Crippen LogP contribution is -2.32. The molecule has 2 amide bonds. The summed E-state index contributed by atoms with van der Waals surface area (Å²) >= 11 is 0. The molecule has 1 aliphatic heterocycles. The van der Waals surface area contributed by atoms with E-state index in [4.69, 9.17) is 4.84 Å². The first-order valence-corrected chi connectivity index (χ1v) is 6.36. The van der Waals surface area contributed by atoms with Crippen molar-refractivity contribution in [2.45, 2.75) is 12.8 Å². The Bertz CT molecular complexity index is 752. The smallest absolute Gasteiger partial charge is 0.364 e. The fourth-order valence-electron chi connectivity index (χ4n) is 2.24. The lowest BCUT2D eigenvalue weighted by molar-refractivity contribution is -0.172. The second-order valence-electron chi connectivity index (χ2n) is 4.67. The summed E-state index contributed by atoms with van der Waals surface area (Å²) in [4.78, 5) is 40.0. The van der Waals surface area contributed by atoms with Crippen molar-refractivity contribution >= 4 is 28.6 Å². The van der Waals surface area contributed by atoms with E-state index in [2.05, 4.69) is 0 Å². The molecule has 0 radical (unpaired) electrons. The molecule has 0 bridgehead atoms. The van der Waals surface area contributed by atoms with E-state index in [1.165, 1.54) is 18.2 Å². The van der Waals surface area contributed by atoms with Gasteiger partial charge in [-0.15, -0.1) is 5.06 Å². The molecular formula is C15H11NO5. The summed E-state index contributed by atoms with van der Waals surface area (Å²) < 4.78 is 0. The number of phenols is 1. The van der Waals surface area contributed by atoms with E-state index in [0.717, 1.165) is 0 Å². The third-order valence-corrected chi connectivity index (χ3v) is 3.26. The van der Waals surface area contributed by atoms with Crippen molar-refractivity contribution in [3.8, 4) is 5.75 Å². The molecule has 0 atom stereocenters. The topological polar surface area (TPSA) is 83.9 Å². The van der Waals surface area contributed by atoms with Gasteiger partial charge in [0.2, 0.25) is 0 Å². The normalized spacial score (nSPS) is 14.8. The van der Waals surface area contributed by atoms with Crippen LogP contribution in [0.25, 0.3) is 10.8 Å². The zero-order valence-electron chi connectivity index (χ0n) is 10.9. The Morgan fingerprint density at radius 1 is 1.10 bits per heavy atom. The fourth-order valence-corrected chi connectivity index (χ4v) is 2.24. The maximum Gasteiger partial charge on any atom is 0.364 e. The van der Waals surface area contributed by atoms with Crippen LogP contribution in [0.4, 0.5) is 0 Å². The summed E-state index contributed by atoms with van der Waals surface area (Å²) in [5.41, 5.74) is 0.222. The molecule has 1 fully saturated rings. The number of fused-ring (bicyclic) bond motifs is 1. The number of benzene rings is 2. The molecule has 1 aliphatic rings. The Hall–Kier alpha value is -2.89. The number of hydrogen-bond acceptors (Lipinski definition) is 5. The Labute approximate surface area is 119 Å². The summed E-state index contributed by atoms with van der Waals surface area (Å²) in [7, 11) is 0. The van der Waals surface area contributed by atoms with Gasteiger partial charge in [-0.25, -0.2) is 4.79 Å². The van der Waals surface area contributed by atoms with E-state index >= 15 is 0 Å². The fraction of sp³-hybridized carbons (Fsp3) is 0.133. The van der Waals surface area contributed by atoms with Gasteiger partial charge in [0, 0.05) is 12.8 Å². The number of phenolic OH excluding ortho intramolecular Hbond substituents is 1. The van der Waals surface area contributed by atoms with Gasteiger partial charge in [0.1, 0.15) is 5.75 Å². The first-order chi connectivity index (χ1) is 10.1. The lowest BCUT2D eigenvalue weighted by atomic mass is 10.0. The Morgan fingerprint density at radius 3 is 2.52 bits per heavy atom. The average molecular weight is 285 g/mol. The minimum atomic E-state index is -0.783. The lowest BCUT2D eigenvalue weighted by Gasteiger charge is -2.13. The standard InChI is InChI=1S/C15H11NO5/c17-10-4-5-11-9(8-10)2-1-3-12(11)15(20)21-16-13(18)6-7-14(16)19/h1-5,8,17H,6-7H2. The highest BCUT2D eigenvalue weighted by atomic mass is 16.7. The predicted octanol–water partition coefficient (Wildman–Crippen LogP) is 1.77. The van der Waals surface area contributed by atoms with Crippen molar-refractivity contribution < 1.29 is 24.3 Å². The monoisotopic (exact) mass is 285 g/mol. The van der Waals surface area contributed by atoms with E-state index in [9.17, 15) is 19.5 Å². The second kappa shape index (κ2) is 4.90. The van der Waals surface area contributed by atoms with Crippen LogP contribution in [-0.4, -0.2) is 28.0 Å². The number of amides is 2. The van der Waals surface area contributed by atoms with Gasteiger partial charge in [-0.1, -0.05) is 12.1 Å². The van der Waals surface area contributed by atoms with Gasteiger partial charge in [0.25, 0.3) is 11.8 Å². The van der Waals surface area contributed by atoms with Gasteiger partial charge >= 0.3 is 5.97 Å². The molecule has 1 heterocycles. The highest BCUT2D eigenvalue weighted by Gasteiger charge is 2.33. The van der Waals surface area contributed by atoms with Crippen molar-refractivity contribution in [2.75, 3.05) is 0 Å². The van der Waals surface area contributed by atoms with Crippen molar-refractivity contribution in [1.82, 2.24) is 5.06 Å². The van der Waals surface area contributed by atoms with Crippen LogP contribution < -0.4 is 0 Å². The first-order valence-electron chi connectivity index (χ1n) is 6.36. The molecule has 1 saturated heterocycles. The van der Waals surface area contributed by atoms with Gasteiger partial charge in [-0.3, -0.25) is 9.59 Å². The van der Waals surface area contributed by atoms with Crippen molar-refractivity contribution in [3.63, 3.8) is 0 Å². The number of aromatic hydroxyl groups is 1. The number of carbonyl (C=O) groups is 3. The van der Waals surface area contributed by atoms with Gasteiger partial charge in [-0.05, 0) is 35.0 Å². The molecule has 0 saturated carbocycles. The largest absolute Gasteiger partial charge is 0.508 e. The Morgan fingerprint density at radius 2 is 1.81 bits per heavy atom. The molecular weight excluding hydrogens is 274 g/mol. The van der Waals surface area contributed by atoms with Gasteiger partial charge in [-0.2, -0.15) is 0 Å². The van der Waals surface area contributed by atoms with E-state index in [1.54, 1.807) is 18.2 Å². The molecule has 3 rings (SSSR count). The summed E-state index contributed by atoms with van der Waals surface area (Å²) in [6.45, 7) is 0. The van der Waals surface area contributed by atoms with Gasteiger partial charge in [0.15, 0.2) is 0 Å². The first kappa shape index (κ1) is 13.1. The number of carbonyl (C=O) groups excluding carboxylic acids is 3. The van der Waals surface area contributed by atoms with Crippen molar-refractivity contribution in [2.24, 2.45) is 0 Å². The van der Waals surface area contributed by atoms with Crippen LogP contribution in [0.3, 0.4) is 0 Å². The van der Waals surface area contributed by atoms with E-state index in [0.29, 0.717) is 15.8 Å². The van der Waals surface area contributed by atoms with E-state index < -0.39 is 17.8 Å². The van der Waals surface area contributed by atoms with E-state index in [1.807, 2.05) is 0 Å². The number of rotatable bonds is 2. The molecule has 0 spiro atoms. The highest BCUT2D eigenvalue weighted by Crippen LogP contribution is 2.24. The SMILES string of the molecule is O=C(ON1C(=O)CCC1=O)c1cccc2cc(O)ccc12. The Balaban J connectivity index is 1.95. The molecule has 0 aliphatic carbocycles. The van der Waals surface area contributed by atoms with Crippen molar-refractivity contribution in [1.29, 1.82) is 0 Å². The molecule has 0 aromatic heterocycles. The number of imide groups is 1. The number of hydrogen-bond donors (Lipinski definition) is 1. The van der Waals surface area contributed by atoms with Crippen LogP contribution in [0.5, 0.6) is 5.75 Å². The van der Waals surface area contributed by atoms with Gasteiger partial charge < -0.3 is 9.94 Å². The second-order valence-corrected chi connectivity index (χ2v) is 4.67. The zero-order valence-corrected chi connectivity index (χ0v) is 10.9. The number of nitrogens with zero attached hydrogens (tertiary/aromatic N) is 1. The van der Waals surface area contributed by atoms with Crippen LogP contribution in [0.1, 0.15) is 23.2 Å². The highest BCUT2D eigenvalue weighted by molar-refractivity contribution is 6.07. The van der Waals surface area contributed by atoms with Crippen LogP contribution >= 0.6 is 0 Å². The van der Waals surface area contributed by atoms with Crippen LogP contribution in [0.2, 0.25) is 0 Å². The summed E-state index contributed by atoms with van der Waals surface area (Å²) in [6, 6.07) is 9.44. The van der Waals surface area contributed by atoms with Crippen molar-refractivity contribution in [3.05, 3.63) is 42.0 Å². The summed E-state index contributed by atoms with van der Waals surface area (Å²) in [6.07, 6.45) is 0.102. The molecule has 21 heavy (non-hydrogen) atoms. The minimum absolute atomic E-state index is 0.0511. The number of hydroxylamine groups is 2. The maximum absolute atomic E-state index is 12.2. The van der Waals surface area contributed by atoms with Crippen LogP contribution in [0, 0.1) is 0 Å². The molecule has 106 valence electrons. The zero-order chi connectivity index (χ0) is 15.0. The average Bonchev–Trinajstić information content (AvgIpc) is 2.78. The molecule has 2 aromatic rings. The van der Waals surface area contributed by atoms with Crippen LogP contribution in [-0.2, 0) is 14.4 Å². The predicted molar refractivity (Wildman–Crippen MR) is 72.1 cm³/mol. The quantitative estimate of drug-likeness (QED) is 0.850. The molecule has 0 unspecified atom stereocenters. The van der Waals surface area contributed by atoms with E-state index in [-0.39, 0.29) is 24.2 Å². The third kappa shape index (κ3) is 2.31. The third-order valence-electron chi connectivity index (χ3n) is 3.26. The summed E-state index contributed by atoms with van der Waals surface area (Å²) in [5.74, 6) is -1.75. The Kier molecular flexibility index (Phi) is 3.06. The molecule has 1 N–H and O–H groups in total. The minimum Gasteiger partial charge on any atom is -0.508 e. The molecule has 2 aromatic carbocycles. The summed E-state index contributed by atoms with van der Waals surface area (Å²) in [5, 5.41) is 11.2. The van der Waals surface area contributed by atoms with Crippen LogP contribution in [0.15, 0.2) is 36.4 Å². The maximum atomic E-state index is 12.2. The molecule has 6 heteroatoms. The molecule has 6 nitrogen and oxygen atoms in total. The van der Waals surface area contributed by atoms with Gasteiger partial charge in [0.05, 0.1) is 5.56 Å².